The van der Waals surface area contributed by atoms with Crippen LogP contribution in [0.25, 0.3) is 0 Å². The smallest absolute Gasteiger partial charge is 0.327 e. The number of esters is 1. The highest BCUT2D eigenvalue weighted by Gasteiger charge is 2.18. The highest BCUT2D eigenvalue weighted by Crippen LogP contribution is 2.32. The summed E-state index contributed by atoms with van der Waals surface area (Å²) in [6, 6.07) is 1.47. The van der Waals surface area contributed by atoms with Gasteiger partial charge in [-0.15, -0.1) is 5.10 Å². The number of nitro groups is 1. The molecular formula is C9H8N6O4S. The van der Waals surface area contributed by atoms with Crippen LogP contribution in [-0.4, -0.2) is 43.2 Å². The maximum absolute atomic E-state index is 11.2. The van der Waals surface area contributed by atoms with E-state index in [0.717, 1.165) is 18.0 Å². The quantitative estimate of drug-likeness (QED) is 0.435. The minimum atomic E-state index is -0.552. The van der Waals surface area contributed by atoms with Crippen LogP contribution in [-0.2, 0) is 16.1 Å². The van der Waals surface area contributed by atoms with Gasteiger partial charge in [-0.3, -0.25) is 19.9 Å². The topological polar surface area (TPSA) is 126 Å². The van der Waals surface area contributed by atoms with Gasteiger partial charge in [0.2, 0.25) is 5.16 Å². The molecule has 2 rings (SSSR count). The van der Waals surface area contributed by atoms with E-state index in [1.807, 2.05) is 0 Å². The number of ether oxygens (including phenoxy) is 1. The van der Waals surface area contributed by atoms with Gasteiger partial charge in [0, 0.05) is 6.20 Å². The van der Waals surface area contributed by atoms with E-state index in [0.29, 0.717) is 4.90 Å². The molecule has 2 aromatic rings. The Balaban J connectivity index is 2.25. The van der Waals surface area contributed by atoms with Crippen LogP contribution >= 0.6 is 11.8 Å². The first-order valence-corrected chi connectivity index (χ1v) is 6.02. The van der Waals surface area contributed by atoms with Gasteiger partial charge in [-0.2, -0.15) is 0 Å². The van der Waals surface area contributed by atoms with Gasteiger partial charge in [0.25, 0.3) is 0 Å². The molecule has 0 spiro atoms. The van der Waals surface area contributed by atoms with Crippen molar-refractivity contribution in [1.29, 1.82) is 0 Å². The molecule has 0 aromatic carbocycles. The third kappa shape index (κ3) is 3.06. The lowest BCUT2D eigenvalue weighted by Gasteiger charge is -2.03. The van der Waals surface area contributed by atoms with E-state index in [1.54, 1.807) is 0 Å². The Kier molecular flexibility index (Phi) is 4.20. The number of carbonyl (C=O) groups is 1. The number of nitrogens with zero attached hydrogens (tertiary/aromatic N) is 6. The number of tetrazole rings is 1. The van der Waals surface area contributed by atoms with Crippen LogP contribution in [0.4, 0.5) is 5.69 Å². The Bertz CT molecular complexity index is 645. The van der Waals surface area contributed by atoms with Gasteiger partial charge in [0.1, 0.15) is 12.7 Å². The number of carbonyl (C=O) groups excluding carboxylic acids is 1. The molecule has 0 atom stereocenters. The van der Waals surface area contributed by atoms with Crippen molar-refractivity contribution in [2.45, 2.75) is 16.6 Å². The van der Waals surface area contributed by atoms with Crippen LogP contribution in [0.15, 0.2) is 28.5 Å². The summed E-state index contributed by atoms with van der Waals surface area (Å²) in [6.07, 6.45) is 2.56. The zero-order valence-corrected chi connectivity index (χ0v) is 11.0. The van der Waals surface area contributed by atoms with E-state index in [2.05, 4.69) is 25.2 Å². The lowest BCUT2D eigenvalue weighted by Crippen LogP contribution is -2.13. The lowest BCUT2D eigenvalue weighted by molar-refractivity contribution is -0.388. The van der Waals surface area contributed by atoms with Crippen molar-refractivity contribution >= 4 is 23.4 Å². The summed E-state index contributed by atoms with van der Waals surface area (Å²) in [4.78, 5) is 25.5. The molecule has 0 aliphatic rings. The monoisotopic (exact) mass is 296 g/mol. The zero-order chi connectivity index (χ0) is 14.5. The maximum atomic E-state index is 11.2. The Labute approximate surface area is 116 Å². The molecule has 2 heterocycles. The van der Waals surface area contributed by atoms with E-state index in [9.17, 15) is 14.9 Å². The molecule has 104 valence electrons. The number of aromatic nitrogens is 5. The molecule has 0 aliphatic carbocycles. The van der Waals surface area contributed by atoms with E-state index >= 15 is 0 Å². The molecule has 0 fully saturated rings. The third-order valence-corrected chi connectivity index (χ3v) is 3.20. The molecule has 0 unspecified atom stereocenters. The molecule has 2 aromatic heterocycles. The molecule has 0 N–H and O–H groups in total. The minimum Gasteiger partial charge on any atom is -0.468 e. The third-order valence-electron chi connectivity index (χ3n) is 2.16. The van der Waals surface area contributed by atoms with Crippen LogP contribution in [0, 0.1) is 10.1 Å². The van der Waals surface area contributed by atoms with Crippen LogP contribution < -0.4 is 0 Å². The summed E-state index contributed by atoms with van der Waals surface area (Å²) in [7, 11) is 1.24. The zero-order valence-electron chi connectivity index (χ0n) is 10.2. The largest absolute Gasteiger partial charge is 0.468 e. The number of pyridine rings is 1. The van der Waals surface area contributed by atoms with Gasteiger partial charge in [-0.05, 0) is 28.3 Å². The van der Waals surface area contributed by atoms with Gasteiger partial charge >= 0.3 is 11.7 Å². The SMILES string of the molecule is COC(=O)Cn1nnnc1Sc1ccncc1[N+](=O)[O-]. The molecule has 0 aliphatic heterocycles. The Morgan fingerprint density at radius 2 is 2.40 bits per heavy atom. The summed E-state index contributed by atoms with van der Waals surface area (Å²) in [6.45, 7) is -0.176. The highest BCUT2D eigenvalue weighted by atomic mass is 32.2. The molecule has 0 saturated heterocycles. The Morgan fingerprint density at radius 3 is 3.10 bits per heavy atom. The van der Waals surface area contributed by atoms with Crippen molar-refractivity contribution in [3.8, 4) is 0 Å². The van der Waals surface area contributed by atoms with Gasteiger partial charge < -0.3 is 4.74 Å². The number of hydrogen-bond acceptors (Lipinski definition) is 9. The van der Waals surface area contributed by atoms with E-state index in [-0.39, 0.29) is 17.4 Å². The molecule has 0 bridgehead atoms. The van der Waals surface area contributed by atoms with E-state index in [1.165, 1.54) is 24.1 Å². The van der Waals surface area contributed by atoms with Gasteiger partial charge in [0.15, 0.2) is 0 Å². The van der Waals surface area contributed by atoms with Crippen LogP contribution in [0.1, 0.15) is 0 Å². The molecule has 11 heteroatoms. The normalized spacial score (nSPS) is 10.2. The summed E-state index contributed by atoms with van der Waals surface area (Å²) in [5.74, 6) is -0.525. The van der Waals surface area contributed by atoms with Gasteiger partial charge in [-0.25, -0.2) is 4.68 Å². The predicted molar refractivity (Wildman–Crippen MR) is 64.8 cm³/mol. The number of hydrogen-bond donors (Lipinski definition) is 0. The van der Waals surface area contributed by atoms with Crippen molar-refractivity contribution in [1.82, 2.24) is 25.2 Å². The average molecular weight is 296 g/mol. The first kappa shape index (κ1) is 13.9. The first-order valence-electron chi connectivity index (χ1n) is 5.21. The molecule has 0 amide bonds. The Hall–Kier alpha value is -2.56. The van der Waals surface area contributed by atoms with E-state index in [4.69, 9.17) is 0 Å². The van der Waals surface area contributed by atoms with Crippen LogP contribution in [0.2, 0.25) is 0 Å². The van der Waals surface area contributed by atoms with Crippen molar-refractivity contribution in [2.24, 2.45) is 0 Å². The second-order valence-corrected chi connectivity index (χ2v) is 4.41. The first-order chi connectivity index (χ1) is 9.61. The second-order valence-electron chi connectivity index (χ2n) is 3.40. The molecule has 20 heavy (non-hydrogen) atoms. The highest BCUT2D eigenvalue weighted by molar-refractivity contribution is 7.99. The van der Waals surface area contributed by atoms with Crippen molar-refractivity contribution < 1.29 is 14.5 Å². The van der Waals surface area contributed by atoms with E-state index < -0.39 is 10.9 Å². The summed E-state index contributed by atoms with van der Waals surface area (Å²) in [5, 5.41) is 21.9. The van der Waals surface area contributed by atoms with Crippen molar-refractivity contribution in [3.05, 3.63) is 28.6 Å². The van der Waals surface area contributed by atoms with Gasteiger partial charge in [-0.1, -0.05) is 0 Å². The van der Waals surface area contributed by atoms with Crippen molar-refractivity contribution in [2.75, 3.05) is 7.11 Å². The fourth-order valence-electron chi connectivity index (χ4n) is 1.25. The maximum Gasteiger partial charge on any atom is 0.327 e. The molecule has 10 nitrogen and oxygen atoms in total. The summed E-state index contributed by atoms with van der Waals surface area (Å²) >= 11 is 0.966. The molecular weight excluding hydrogens is 288 g/mol. The number of methoxy groups -OCH3 is 1. The molecule has 0 saturated carbocycles. The van der Waals surface area contributed by atoms with Gasteiger partial charge in [0.05, 0.1) is 16.9 Å². The summed E-state index contributed by atoms with van der Waals surface area (Å²) in [5.41, 5.74) is -0.162. The Morgan fingerprint density at radius 1 is 1.60 bits per heavy atom. The number of rotatable bonds is 5. The fraction of sp³-hybridized carbons (Fsp3) is 0.222. The van der Waals surface area contributed by atoms with Crippen LogP contribution in [0.3, 0.4) is 0 Å². The predicted octanol–water partition coefficient (Wildman–Crippen LogP) is 0.300. The fourth-order valence-corrected chi connectivity index (χ4v) is 2.09. The summed E-state index contributed by atoms with van der Waals surface area (Å²) < 4.78 is 5.70. The standard InChI is InChI=1S/C9H8N6O4S/c1-19-8(16)5-14-9(11-12-13-14)20-7-2-3-10-4-6(7)15(17)18/h2-4H,5H2,1H3. The lowest BCUT2D eigenvalue weighted by atomic mass is 10.4. The van der Waals surface area contributed by atoms with Crippen LogP contribution in [0.5, 0.6) is 0 Å². The molecule has 0 radical (unpaired) electrons. The second kappa shape index (κ2) is 6.06. The van der Waals surface area contributed by atoms with Crippen molar-refractivity contribution in [3.63, 3.8) is 0 Å². The average Bonchev–Trinajstić information content (AvgIpc) is 2.86. The minimum absolute atomic E-state index is 0.162.